The zero-order chi connectivity index (χ0) is 51.4. The molecule has 0 aliphatic rings. The molecule has 0 aromatic carbocycles. The first-order valence-electron chi connectivity index (χ1n) is 28.7. The van der Waals surface area contributed by atoms with Crippen molar-refractivity contribution in [2.45, 2.75) is 245 Å². The van der Waals surface area contributed by atoms with Crippen molar-refractivity contribution in [3.05, 3.63) is 134 Å². The Morgan fingerprint density at radius 2 is 0.549 bits per heavy atom. The van der Waals surface area contributed by atoms with Crippen LogP contribution in [0.4, 0.5) is 0 Å². The summed E-state index contributed by atoms with van der Waals surface area (Å²) in [5.74, 6) is -0.995. The van der Waals surface area contributed by atoms with Gasteiger partial charge in [-0.25, -0.2) is 0 Å². The van der Waals surface area contributed by atoms with Gasteiger partial charge in [0.1, 0.15) is 13.2 Å². The van der Waals surface area contributed by atoms with Gasteiger partial charge in [-0.2, -0.15) is 0 Å². The lowest BCUT2D eigenvalue weighted by atomic mass is 10.1. The van der Waals surface area contributed by atoms with Crippen LogP contribution in [0.15, 0.2) is 134 Å². The third kappa shape index (κ3) is 56.3. The molecule has 6 heteroatoms. The third-order valence-electron chi connectivity index (χ3n) is 11.6. The van der Waals surface area contributed by atoms with Crippen molar-refractivity contribution < 1.29 is 28.6 Å². The maximum Gasteiger partial charge on any atom is 0.306 e. The van der Waals surface area contributed by atoms with Crippen molar-refractivity contribution in [3.63, 3.8) is 0 Å². The number of hydrogen-bond donors (Lipinski definition) is 0. The number of ether oxygens (including phenoxy) is 3. The molecular weight excluding hydrogens is 877 g/mol. The first kappa shape index (κ1) is 66.6. The molecule has 0 radical (unpaired) electrons. The smallest absolute Gasteiger partial charge is 0.306 e. The van der Waals surface area contributed by atoms with Gasteiger partial charge in [-0.1, -0.05) is 212 Å². The van der Waals surface area contributed by atoms with E-state index < -0.39 is 6.10 Å². The van der Waals surface area contributed by atoms with Crippen LogP contribution in [0.1, 0.15) is 239 Å². The SMILES string of the molecule is CC/C=C\C/C=C\C/C=C\C/C=C\C/C=C\CCCCCC(=O)O[C@H](COC(=O)CCCCC/C=C\C/C=C\C/C=C\C/C=C\CCCCC)COC(=O)CCCCCCC/C=C\C/C=C\CCCCC. The highest BCUT2D eigenvalue weighted by molar-refractivity contribution is 5.71. The standard InChI is InChI=1S/C65H104O6/c1-4-7-10-13-16-19-22-25-28-30-32-34-37-40-43-46-49-52-55-58-64(67)70-61-62(60-69-63(66)57-54-51-48-45-42-39-36-27-24-21-18-15-12-9-6-3)71-65(68)59-56-53-50-47-44-41-38-35-33-31-29-26-23-20-17-14-11-8-5-2/h8,11,16-21,25-29,32-36,40-41,43-44,62H,4-7,9-10,12-15,22-24,30-31,37-39,42,45-61H2,1-3H3/b11-8-,19-16-,20-17-,21-18-,28-25-,29-26-,34-32-,35-33-,36-27-,43-40-,44-41-/t62-/m0/s1. The van der Waals surface area contributed by atoms with E-state index in [0.29, 0.717) is 19.3 Å². The molecule has 0 spiro atoms. The number of hydrogen-bond acceptors (Lipinski definition) is 6. The maximum absolute atomic E-state index is 12.9. The summed E-state index contributed by atoms with van der Waals surface area (Å²) in [5, 5.41) is 0. The van der Waals surface area contributed by atoms with Crippen LogP contribution in [0.5, 0.6) is 0 Å². The average Bonchev–Trinajstić information content (AvgIpc) is 3.37. The van der Waals surface area contributed by atoms with E-state index in [2.05, 4.69) is 154 Å². The topological polar surface area (TPSA) is 78.9 Å². The van der Waals surface area contributed by atoms with Crippen LogP contribution in [0.3, 0.4) is 0 Å². The highest BCUT2D eigenvalue weighted by Gasteiger charge is 2.19. The number of rotatable bonds is 50. The predicted octanol–water partition coefficient (Wildman–Crippen LogP) is 19.4. The van der Waals surface area contributed by atoms with Gasteiger partial charge in [0, 0.05) is 19.3 Å². The second-order valence-corrected chi connectivity index (χ2v) is 18.5. The number of carbonyl (C=O) groups is 3. The number of carbonyl (C=O) groups excluding carboxylic acids is 3. The average molecular weight is 982 g/mol. The van der Waals surface area contributed by atoms with E-state index in [9.17, 15) is 14.4 Å². The Kier molecular flexibility index (Phi) is 54.5. The Morgan fingerprint density at radius 1 is 0.296 bits per heavy atom. The molecule has 0 aliphatic carbocycles. The predicted molar refractivity (Wildman–Crippen MR) is 306 cm³/mol. The fourth-order valence-electron chi connectivity index (χ4n) is 7.30. The fraction of sp³-hybridized carbons (Fsp3) is 0.615. The van der Waals surface area contributed by atoms with Gasteiger partial charge in [0.05, 0.1) is 0 Å². The summed E-state index contributed by atoms with van der Waals surface area (Å²) in [7, 11) is 0. The van der Waals surface area contributed by atoms with Gasteiger partial charge in [0.15, 0.2) is 6.10 Å². The summed E-state index contributed by atoms with van der Waals surface area (Å²) in [6, 6.07) is 0. The lowest BCUT2D eigenvalue weighted by Crippen LogP contribution is -2.30. The second kappa shape index (κ2) is 58.1. The minimum Gasteiger partial charge on any atom is -0.462 e. The Morgan fingerprint density at radius 3 is 0.873 bits per heavy atom. The van der Waals surface area contributed by atoms with E-state index in [1.54, 1.807) is 0 Å². The van der Waals surface area contributed by atoms with Crippen molar-refractivity contribution in [2.75, 3.05) is 13.2 Å². The summed E-state index contributed by atoms with van der Waals surface area (Å²) >= 11 is 0. The van der Waals surface area contributed by atoms with Crippen LogP contribution in [0.25, 0.3) is 0 Å². The molecule has 0 aromatic heterocycles. The first-order chi connectivity index (χ1) is 35.0. The lowest BCUT2D eigenvalue weighted by Gasteiger charge is -2.18. The van der Waals surface area contributed by atoms with Gasteiger partial charge < -0.3 is 14.2 Å². The van der Waals surface area contributed by atoms with Crippen LogP contribution in [-0.4, -0.2) is 37.2 Å². The first-order valence-corrected chi connectivity index (χ1v) is 28.7. The molecular formula is C65H104O6. The van der Waals surface area contributed by atoms with Crippen LogP contribution in [-0.2, 0) is 28.6 Å². The van der Waals surface area contributed by atoms with Crippen molar-refractivity contribution in [3.8, 4) is 0 Å². The zero-order valence-electron chi connectivity index (χ0n) is 45.7. The van der Waals surface area contributed by atoms with E-state index >= 15 is 0 Å². The van der Waals surface area contributed by atoms with Crippen molar-refractivity contribution >= 4 is 17.9 Å². The highest BCUT2D eigenvalue weighted by atomic mass is 16.6. The molecule has 0 heterocycles. The summed E-state index contributed by atoms with van der Waals surface area (Å²) in [5.41, 5.74) is 0. The summed E-state index contributed by atoms with van der Waals surface area (Å²) in [6.07, 6.45) is 81.5. The maximum atomic E-state index is 12.9. The summed E-state index contributed by atoms with van der Waals surface area (Å²) in [6.45, 7) is 6.39. The van der Waals surface area contributed by atoms with Crippen LogP contribution >= 0.6 is 0 Å². The fourth-order valence-corrected chi connectivity index (χ4v) is 7.30. The van der Waals surface area contributed by atoms with Gasteiger partial charge in [0.2, 0.25) is 0 Å². The van der Waals surface area contributed by atoms with E-state index in [4.69, 9.17) is 14.2 Å². The van der Waals surface area contributed by atoms with Gasteiger partial charge in [-0.3, -0.25) is 14.4 Å². The van der Waals surface area contributed by atoms with E-state index in [0.717, 1.165) is 141 Å². The van der Waals surface area contributed by atoms with Crippen LogP contribution < -0.4 is 0 Å². The molecule has 6 nitrogen and oxygen atoms in total. The minimum atomic E-state index is -0.821. The third-order valence-corrected chi connectivity index (χ3v) is 11.6. The quantitative estimate of drug-likeness (QED) is 0.0262. The number of allylic oxidation sites excluding steroid dienone is 22. The van der Waals surface area contributed by atoms with E-state index in [1.807, 2.05) is 0 Å². The molecule has 0 N–H and O–H groups in total. The molecule has 71 heavy (non-hydrogen) atoms. The van der Waals surface area contributed by atoms with E-state index in [1.165, 1.54) is 51.4 Å². The van der Waals surface area contributed by atoms with Crippen LogP contribution in [0.2, 0.25) is 0 Å². The zero-order valence-corrected chi connectivity index (χ0v) is 45.7. The van der Waals surface area contributed by atoms with Crippen LogP contribution in [0, 0.1) is 0 Å². The Balaban J connectivity index is 4.56. The molecule has 0 rings (SSSR count). The Hall–Kier alpha value is -4.45. The van der Waals surface area contributed by atoms with Gasteiger partial charge in [0.25, 0.3) is 0 Å². The second-order valence-electron chi connectivity index (χ2n) is 18.5. The molecule has 0 saturated carbocycles. The summed E-state index contributed by atoms with van der Waals surface area (Å²) in [4.78, 5) is 38.2. The van der Waals surface area contributed by atoms with E-state index in [-0.39, 0.29) is 37.5 Å². The monoisotopic (exact) mass is 981 g/mol. The molecule has 0 amide bonds. The van der Waals surface area contributed by atoms with Gasteiger partial charge >= 0.3 is 17.9 Å². The lowest BCUT2D eigenvalue weighted by molar-refractivity contribution is -0.167. The molecule has 0 aliphatic heterocycles. The highest BCUT2D eigenvalue weighted by Crippen LogP contribution is 2.12. The largest absolute Gasteiger partial charge is 0.462 e. The Bertz CT molecular complexity index is 1550. The van der Waals surface area contributed by atoms with Gasteiger partial charge in [-0.05, 0) is 141 Å². The normalized spacial score (nSPS) is 13.1. The molecule has 400 valence electrons. The van der Waals surface area contributed by atoms with Crippen molar-refractivity contribution in [1.29, 1.82) is 0 Å². The number of esters is 3. The molecule has 1 atom stereocenters. The molecule has 0 fully saturated rings. The molecule has 0 unspecified atom stereocenters. The molecule has 0 saturated heterocycles. The summed E-state index contributed by atoms with van der Waals surface area (Å²) < 4.78 is 16.8. The molecule has 0 bridgehead atoms. The Labute approximate surface area is 436 Å². The van der Waals surface area contributed by atoms with Crippen molar-refractivity contribution in [2.24, 2.45) is 0 Å². The number of unbranched alkanes of at least 4 members (excludes halogenated alkanes) is 17. The van der Waals surface area contributed by atoms with Crippen molar-refractivity contribution in [1.82, 2.24) is 0 Å². The van der Waals surface area contributed by atoms with Gasteiger partial charge in [-0.15, -0.1) is 0 Å². The minimum absolute atomic E-state index is 0.114. The molecule has 0 aromatic rings.